The predicted octanol–water partition coefficient (Wildman–Crippen LogP) is 0.567. The van der Waals surface area contributed by atoms with Gasteiger partial charge in [0, 0.05) is 5.92 Å². The first-order valence-corrected chi connectivity index (χ1v) is 7.59. The van der Waals surface area contributed by atoms with Gasteiger partial charge < -0.3 is 14.9 Å². The Morgan fingerprint density at radius 2 is 2.11 bits per heavy atom. The van der Waals surface area contributed by atoms with Crippen LogP contribution >= 0.6 is 0 Å². The van der Waals surface area contributed by atoms with Crippen molar-refractivity contribution in [3.8, 4) is 11.5 Å². The maximum atomic E-state index is 11.3. The number of rotatable bonds is 4. The number of phenols is 1. The van der Waals surface area contributed by atoms with Gasteiger partial charge in [-0.15, -0.1) is 0 Å². The van der Waals surface area contributed by atoms with Crippen molar-refractivity contribution in [3.05, 3.63) is 24.3 Å². The number of benzene rings is 1. The molecule has 0 bridgehead atoms. The number of aliphatic hydroxyl groups excluding tert-OH is 1. The zero-order chi connectivity index (χ0) is 13.2. The Kier molecular flexibility index (Phi) is 3.77. The fourth-order valence-electron chi connectivity index (χ4n) is 2.02. The number of aromatic hydroxyl groups is 1. The maximum absolute atomic E-state index is 11.3. The Balaban J connectivity index is 1.89. The molecule has 1 aliphatic heterocycles. The molecule has 1 aliphatic rings. The van der Waals surface area contributed by atoms with Crippen molar-refractivity contribution in [2.24, 2.45) is 5.92 Å². The Morgan fingerprint density at radius 1 is 1.39 bits per heavy atom. The van der Waals surface area contributed by atoms with Crippen LogP contribution in [0, 0.1) is 5.92 Å². The summed E-state index contributed by atoms with van der Waals surface area (Å²) in [4.78, 5) is 0. The number of sulfone groups is 1. The minimum Gasteiger partial charge on any atom is -0.504 e. The second-order valence-corrected chi connectivity index (χ2v) is 6.74. The van der Waals surface area contributed by atoms with Crippen LogP contribution in [0.15, 0.2) is 24.3 Å². The molecule has 2 rings (SSSR count). The molecule has 18 heavy (non-hydrogen) atoms. The van der Waals surface area contributed by atoms with Crippen molar-refractivity contribution in [1.82, 2.24) is 0 Å². The molecule has 2 unspecified atom stereocenters. The van der Waals surface area contributed by atoms with Gasteiger partial charge in [0.2, 0.25) is 0 Å². The highest BCUT2D eigenvalue weighted by Gasteiger charge is 2.33. The van der Waals surface area contributed by atoms with Gasteiger partial charge in [-0.1, -0.05) is 12.1 Å². The molecule has 0 aromatic heterocycles. The standard InChI is InChI=1S/C12H16O5S/c13-10-3-1-2-4-12(10)17-7-11(14)9-5-6-18(15,16)8-9/h1-4,9,11,13-14H,5-8H2. The first-order chi connectivity index (χ1) is 8.48. The van der Waals surface area contributed by atoms with Crippen LogP contribution in [0.3, 0.4) is 0 Å². The van der Waals surface area contributed by atoms with Crippen molar-refractivity contribution in [3.63, 3.8) is 0 Å². The molecule has 1 fully saturated rings. The van der Waals surface area contributed by atoms with Crippen LogP contribution in [-0.2, 0) is 9.84 Å². The molecule has 100 valence electrons. The Labute approximate surface area is 106 Å². The lowest BCUT2D eigenvalue weighted by molar-refractivity contribution is 0.0650. The monoisotopic (exact) mass is 272 g/mol. The van der Waals surface area contributed by atoms with Gasteiger partial charge in [-0.05, 0) is 18.6 Å². The van der Waals surface area contributed by atoms with Crippen LogP contribution in [0.25, 0.3) is 0 Å². The van der Waals surface area contributed by atoms with Crippen LogP contribution in [0.4, 0.5) is 0 Å². The molecule has 1 aromatic carbocycles. The lowest BCUT2D eigenvalue weighted by Crippen LogP contribution is -2.28. The molecular weight excluding hydrogens is 256 g/mol. The molecule has 0 spiro atoms. The summed E-state index contributed by atoms with van der Waals surface area (Å²) in [6.07, 6.45) is -0.366. The first-order valence-electron chi connectivity index (χ1n) is 5.77. The quantitative estimate of drug-likeness (QED) is 0.837. The molecule has 1 heterocycles. The molecule has 0 amide bonds. The smallest absolute Gasteiger partial charge is 0.161 e. The minimum atomic E-state index is -3.00. The van der Waals surface area contributed by atoms with Gasteiger partial charge in [0.05, 0.1) is 17.6 Å². The Morgan fingerprint density at radius 3 is 2.72 bits per heavy atom. The largest absolute Gasteiger partial charge is 0.504 e. The molecular formula is C12H16O5S. The average molecular weight is 272 g/mol. The zero-order valence-corrected chi connectivity index (χ0v) is 10.6. The van der Waals surface area contributed by atoms with Gasteiger partial charge >= 0.3 is 0 Å². The van der Waals surface area contributed by atoms with E-state index < -0.39 is 15.9 Å². The highest BCUT2D eigenvalue weighted by atomic mass is 32.2. The second-order valence-electron chi connectivity index (χ2n) is 4.51. The van der Waals surface area contributed by atoms with Gasteiger partial charge in [-0.3, -0.25) is 0 Å². The third kappa shape index (κ3) is 3.14. The maximum Gasteiger partial charge on any atom is 0.161 e. The molecule has 5 nitrogen and oxygen atoms in total. The average Bonchev–Trinajstić information content (AvgIpc) is 2.68. The van der Waals surface area contributed by atoms with E-state index in [4.69, 9.17) is 4.74 Å². The first kappa shape index (κ1) is 13.2. The number of hydrogen-bond acceptors (Lipinski definition) is 5. The van der Waals surface area contributed by atoms with Gasteiger partial charge in [0.25, 0.3) is 0 Å². The van der Waals surface area contributed by atoms with E-state index in [1.807, 2.05) is 0 Å². The van der Waals surface area contributed by atoms with E-state index >= 15 is 0 Å². The van der Waals surface area contributed by atoms with E-state index in [0.29, 0.717) is 6.42 Å². The molecule has 0 saturated carbocycles. The van der Waals surface area contributed by atoms with Gasteiger partial charge in [0.1, 0.15) is 6.61 Å². The van der Waals surface area contributed by atoms with Crippen LogP contribution in [0.5, 0.6) is 11.5 Å². The van der Waals surface area contributed by atoms with E-state index in [1.165, 1.54) is 6.07 Å². The fourth-order valence-corrected chi connectivity index (χ4v) is 3.89. The molecule has 1 saturated heterocycles. The highest BCUT2D eigenvalue weighted by Crippen LogP contribution is 2.26. The summed E-state index contributed by atoms with van der Waals surface area (Å²) < 4.78 is 27.8. The van der Waals surface area contributed by atoms with Gasteiger partial charge in [-0.25, -0.2) is 8.42 Å². The topological polar surface area (TPSA) is 83.8 Å². The summed E-state index contributed by atoms with van der Waals surface area (Å²) in [6, 6.07) is 6.46. The summed E-state index contributed by atoms with van der Waals surface area (Å²) >= 11 is 0. The summed E-state index contributed by atoms with van der Waals surface area (Å²) in [5, 5.41) is 19.3. The summed E-state index contributed by atoms with van der Waals surface area (Å²) in [5.74, 6) is 0.158. The van der Waals surface area contributed by atoms with Crippen molar-refractivity contribution in [1.29, 1.82) is 0 Å². The lowest BCUT2D eigenvalue weighted by atomic mass is 10.0. The number of para-hydroxylation sites is 2. The van der Waals surface area contributed by atoms with Crippen LogP contribution in [-0.4, -0.2) is 42.8 Å². The molecule has 0 radical (unpaired) electrons. The fraction of sp³-hybridized carbons (Fsp3) is 0.500. The van der Waals surface area contributed by atoms with Crippen molar-refractivity contribution < 1.29 is 23.4 Å². The van der Waals surface area contributed by atoms with Crippen LogP contribution in [0.2, 0.25) is 0 Å². The number of aliphatic hydroxyl groups is 1. The Hall–Kier alpha value is -1.27. The van der Waals surface area contributed by atoms with Crippen molar-refractivity contribution in [2.45, 2.75) is 12.5 Å². The minimum absolute atomic E-state index is 0.00347. The normalized spacial score (nSPS) is 23.7. The molecule has 2 atom stereocenters. The van der Waals surface area contributed by atoms with E-state index in [2.05, 4.69) is 0 Å². The molecule has 0 aliphatic carbocycles. The van der Waals surface area contributed by atoms with Crippen LogP contribution < -0.4 is 4.74 Å². The number of hydrogen-bond donors (Lipinski definition) is 2. The summed E-state index contributed by atoms with van der Waals surface area (Å²) in [6.45, 7) is -0.0161. The summed E-state index contributed by atoms with van der Waals surface area (Å²) in [5.41, 5.74) is 0. The van der Waals surface area contributed by atoms with Gasteiger partial charge in [-0.2, -0.15) is 0 Å². The van der Waals surface area contributed by atoms with Crippen molar-refractivity contribution >= 4 is 9.84 Å². The molecule has 1 aromatic rings. The zero-order valence-electron chi connectivity index (χ0n) is 9.82. The lowest BCUT2D eigenvalue weighted by Gasteiger charge is -2.17. The third-order valence-corrected chi connectivity index (χ3v) is 4.88. The third-order valence-electron chi connectivity index (χ3n) is 3.09. The van der Waals surface area contributed by atoms with Crippen LogP contribution in [0.1, 0.15) is 6.42 Å². The SMILES string of the molecule is O=S1(=O)CCC(C(O)COc2ccccc2O)C1. The molecule has 2 N–H and O–H groups in total. The number of ether oxygens (including phenoxy) is 1. The van der Waals surface area contributed by atoms with E-state index in [1.54, 1.807) is 18.2 Å². The van der Waals surface area contributed by atoms with E-state index in [9.17, 15) is 18.6 Å². The predicted molar refractivity (Wildman–Crippen MR) is 66.4 cm³/mol. The second kappa shape index (κ2) is 5.16. The van der Waals surface area contributed by atoms with Gasteiger partial charge in [0.15, 0.2) is 21.3 Å². The Bertz CT molecular complexity index is 511. The number of phenolic OH excluding ortho intramolecular Hbond substituents is 1. The van der Waals surface area contributed by atoms with E-state index in [-0.39, 0.29) is 35.5 Å². The highest BCUT2D eigenvalue weighted by molar-refractivity contribution is 7.91. The summed E-state index contributed by atoms with van der Waals surface area (Å²) in [7, 11) is -3.00. The molecule has 6 heteroatoms. The van der Waals surface area contributed by atoms with E-state index in [0.717, 1.165) is 0 Å². The van der Waals surface area contributed by atoms with Crippen molar-refractivity contribution in [2.75, 3.05) is 18.1 Å².